The number of amides is 1. The standard InChI is InChI=1S/C18H19NO4/c1-9-14(13-4-3-7-22-13)19-16(10(2)15(9)20)18-6-5-11(23-18)8-12(18)17(19)21/h3-7,9-12,14,16H,8H2,1-2H3/t9-,10-,11+,12-,14+,16-,18-/m0/s1. The van der Waals surface area contributed by atoms with E-state index in [1.807, 2.05) is 37.0 Å². The molecule has 1 spiro atoms. The van der Waals surface area contributed by atoms with Crippen molar-refractivity contribution in [1.82, 2.24) is 4.90 Å². The van der Waals surface area contributed by atoms with Crippen molar-refractivity contribution in [2.24, 2.45) is 17.8 Å². The van der Waals surface area contributed by atoms with Crippen LogP contribution < -0.4 is 0 Å². The Bertz CT molecular complexity index is 723. The number of ether oxygens (including phenoxy) is 1. The Kier molecular flexibility index (Phi) is 2.44. The minimum Gasteiger partial charge on any atom is -0.467 e. The van der Waals surface area contributed by atoms with Crippen molar-refractivity contribution >= 4 is 11.7 Å². The molecule has 5 heteroatoms. The predicted octanol–water partition coefficient (Wildman–Crippen LogP) is 2.10. The van der Waals surface area contributed by atoms with Crippen LogP contribution in [-0.2, 0) is 14.3 Å². The molecule has 5 nitrogen and oxygen atoms in total. The molecule has 1 amide bonds. The summed E-state index contributed by atoms with van der Waals surface area (Å²) >= 11 is 0. The van der Waals surface area contributed by atoms with E-state index in [1.54, 1.807) is 12.3 Å². The van der Waals surface area contributed by atoms with Gasteiger partial charge in [0.25, 0.3) is 0 Å². The Hall–Kier alpha value is -1.88. The summed E-state index contributed by atoms with van der Waals surface area (Å²) in [7, 11) is 0. The highest BCUT2D eigenvalue weighted by molar-refractivity contribution is 5.93. The van der Waals surface area contributed by atoms with Crippen LogP contribution in [-0.4, -0.2) is 34.3 Å². The van der Waals surface area contributed by atoms with Gasteiger partial charge in [0.2, 0.25) is 5.91 Å². The van der Waals surface area contributed by atoms with Crippen LogP contribution in [0.2, 0.25) is 0 Å². The summed E-state index contributed by atoms with van der Waals surface area (Å²) in [5.41, 5.74) is -0.623. The number of furan rings is 1. The zero-order valence-corrected chi connectivity index (χ0v) is 13.1. The molecule has 23 heavy (non-hydrogen) atoms. The van der Waals surface area contributed by atoms with E-state index in [4.69, 9.17) is 9.15 Å². The maximum absolute atomic E-state index is 13.2. The summed E-state index contributed by atoms with van der Waals surface area (Å²) in [5, 5.41) is 0. The number of carbonyl (C=O) groups excluding carboxylic acids is 2. The van der Waals surface area contributed by atoms with Crippen LogP contribution in [0.15, 0.2) is 35.0 Å². The van der Waals surface area contributed by atoms with Gasteiger partial charge in [-0.15, -0.1) is 0 Å². The van der Waals surface area contributed by atoms with Gasteiger partial charge in [-0.2, -0.15) is 0 Å². The molecule has 5 heterocycles. The number of Topliss-reactive ketones (excluding diaryl/α,β-unsaturated/α-hetero) is 1. The zero-order chi connectivity index (χ0) is 15.9. The van der Waals surface area contributed by atoms with Gasteiger partial charge in [0, 0.05) is 11.8 Å². The Labute approximate surface area is 134 Å². The summed E-state index contributed by atoms with van der Waals surface area (Å²) in [6, 6.07) is 3.10. The molecule has 0 radical (unpaired) electrons. The lowest BCUT2D eigenvalue weighted by molar-refractivity contribution is -0.151. The van der Waals surface area contributed by atoms with Crippen molar-refractivity contribution in [3.8, 4) is 0 Å². The van der Waals surface area contributed by atoms with Gasteiger partial charge in [0.1, 0.15) is 17.1 Å². The fraction of sp³-hybridized carbons (Fsp3) is 0.556. The summed E-state index contributed by atoms with van der Waals surface area (Å²) in [5.74, 6) is 0.309. The second-order valence-corrected chi connectivity index (χ2v) is 7.29. The number of rotatable bonds is 1. The van der Waals surface area contributed by atoms with Crippen LogP contribution in [0.3, 0.4) is 0 Å². The van der Waals surface area contributed by atoms with Crippen LogP contribution in [0.25, 0.3) is 0 Å². The van der Waals surface area contributed by atoms with Crippen LogP contribution in [0.4, 0.5) is 0 Å². The number of ketones is 1. The van der Waals surface area contributed by atoms with Gasteiger partial charge in [0.15, 0.2) is 0 Å². The van der Waals surface area contributed by atoms with Gasteiger partial charge in [-0.05, 0) is 18.6 Å². The lowest BCUT2D eigenvalue weighted by Crippen LogP contribution is -2.58. The van der Waals surface area contributed by atoms with E-state index in [-0.39, 0.29) is 47.6 Å². The van der Waals surface area contributed by atoms with E-state index in [0.29, 0.717) is 5.76 Å². The average Bonchev–Trinajstić information content (AvgIpc) is 3.29. The molecule has 2 bridgehead atoms. The van der Waals surface area contributed by atoms with E-state index in [0.717, 1.165) is 6.42 Å². The quantitative estimate of drug-likeness (QED) is 0.745. The monoisotopic (exact) mass is 313 g/mol. The van der Waals surface area contributed by atoms with Crippen LogP contribution in [0.1, 0.15) is 32.1 Å². The number of hydrogen-bond acceptors (Lipinski definition) is 4. The number of piperidine rings is 1. The van der Waals surface area contributed by atoms with Crippen molar-refractivity contribution in [3.63, 3.8) is 0 Å². The van der Waals surface area contributed by atoms with E-state index in [9.17, 15) is 9.59 Å². The number of nitrogens with zero attached hydrogens (tertiary/aromatic N) is 1. The minimum absolute atomic E-state index is 0.0230. The number of fused-ring (bicyclic) bond motifs is 2. The topological polar surface area (TPSA) is 59.8 Å². The average molecular weight is 313 g/mol. The molecule has 7 atom stereocenters. The summed E-state index contributed by atoms with van der Waals surface area (Å²) in [6.07, 6.45) is 6.43. The molecule has 1 aromatic rings. The largest absolute Gasteiger partial charge is 0.467 e. The molecule has 4 aliphatic rings. The van der Waals surface area contributed by atoms with Gasteiger partial charge in [-0.1, -0.05) is 26.0 Å². The molecule has 0 N–H and O–H groups in total. The zero-order valence-electron chi connectivity index (χ0n) is 13.1. The van der Waals surface area contributed by atoms with Gasteiger partial charge in [0.05, 0.1) is 30.4 Å². The number of hydrogen-bond donors (Lipinski definition) is 0. The third-order valence-corrected chi connectivity index (χ3v) is 6.23. The Morgan fingerprint density at radius 2 is 2.09 bits per heavy atom. The van der Waals surface area contributed by atoms with E-state index in [2.05, 4.69) is 0 Å². The van der Waals surface area contributed by atoms with Crippen LogP contribution in [0, 0.1) is 17.8 Å². The minimum atomic E-state index is -0.623. The lowest BCUT2D eigenvalue weighted by atomic mass is 9.72. The normalized spacial score (nSPS) is 47.3. The maximum atomic E-state index is 13.2. The van der Waals surface area contributed by atoms with Gasteiger partial charge < -0.3 is 14.1 Å². The third kappa shape index (κ3) is 1.42. The molecular weight excluding hydrogens is 294 g/mol. The molecule has 5 rings (SSSR count). The first kappa shape index (κ1) is 13.5. The van der Waals surface area contributed by atoms with E-state index >= 15 is 0 Å². The fourth-order valence-electron chi connectivity index (χ4n) is 5.29. The van der Waals surface area contributed by atoms with Gasteiger partial charge in [-0.25, -0.2) is 0 Å². The first-order valence-electron chi connectivity index (χ1n) is 8.31. The first-order valence-corrected chi connectivity index (χ1v) is 8.31. The molecule has 1 aromatic heterocycles. The Balaban J connectivity index is 1.68. The highest BCUT2D eigenvalue weighted by atomic mass is 16.5. The molecule has 4 aliphatic heterocycles. The van der Waals surface area contributed by atoms with E-state index in [1.165, 1.54) is 0 Å². The SMILES string of the molecule is C[C@@H]1C(=O)[C@H](C)[C@@H]2N(C(=O)[C@@H]3C[C@H]4C=C[C@@]23O4)[C@H]1c1ccco1. The van der Waals surface area contributed by atoms with Crippen molar-refractivity contribution in [2.45, 2.75) is 44.1 Å². The molecular formula is C18H19NO4. The highest BCUT2D eigenvalue weighted by Gasteiger charge is 2.70. The van der Waals surface area contributed by atoms with Gasteiger partial charge >= 0.3 is 0 Å². The lowest BCUT2D eigenvalue weighted by Gasteiger charge is -2.46. The predicted molar refractivity (Wildman–Crippen MR) is 80.3 cm³/mol. The summed E-state index contributed by atoms with van der Waals surface area (Å²) in [4.78, 5) is 27.9. The second-order valence-electron chi connectivity index (χ2n) is 7.29. The Morgan fingerprint density at radius 1 is 1.26 bits per heavy atom. The van der Waals surface area contributed by atoms with Crippen molar-refractivity contribution in [1.29, 1.82) is 0 Å². The number of carbonyl (C=O) groups is 2. The van der Waals surface area contributed by atoms with Gasteiger partial charge in [-0.3, -0.25) is 9.59 Å². The smallest absolute Gasteiger partial charge is 0.230 e. The third-order valence-electron chi connectivity index (χ3n) is 6.23. The van der Waals surface area contributed by atoms with E-state index < -0.39 is 5.60 Å². The van der Waals surface area contributed by atoms with Crippen molar-refractivity contribution < 1.29 is 18.7 Å². The fourth-order valence-corrected chi connectivity index (χ4v) is 5.29. The molecule has 3 fully saturated rings. The summed E-state index contributed by atoms with van der Waals surface area (Å²) < 4.78 is 11.8. The first-order chi connectivity index (χ1) is 11.0. The van der Waals surface area contributed by atoms with Crippen LogP contribution in [0.5, 0.6) is 0 Å². The molecule has 0 saturated carbocycles. The van der Waals surface area contributed by atoms with Crippen molar-refractivity contribution in [2.75, 3.05) is 0 Å². The molecule has 3 saturated heterocycles. The second kappa shape index (κ2) is 4.15. The molecule has 120 valence electrons. The maximum Gasteiger partial charge on any atom is 0.230 e. The molecule has 0 aliphatic carbocycles. The molecule has 0 unspecified atom stereocenters. The van der Waals surface area contributed by atoms with Crippen LogP contribution >= 0.6 is 0 Å². The summed E-state index contributed by atoms with van der Waals surface area (Å²) in [6.45, 7) is 3.83. The van der Waals surface area contributed by atoms with Crippen molar-refractivity contribution in [3.05, 3.63) is 36.3 Å². The molecule has 0 aromatic carbocycles. The Morgan fingerprint density at radius 3 is 2.78 bits per heavy atom. The highest BCUT2D eigenvalue weighted by Crippen LogP contribution is 2.58.